The number of para-hydroxylation sites is 1. The number of esters is 1. The van der Waals surface area contributed by atoms with Crippen LogP contribution in [0.1, 0.15) is 129 Å². The van der Waals surface area contributed by atoms with Gasteiger partial charge in [-0.2, -0.15) is 4.57 Å². The summed E-state index contributed by atoms with van der Waals surface area (Å²) in [6.45, 7) is 5.87. The third kappa shape index (κ3) is 14.4. The van der Waals surface area contributed by atoms with E-state index in [-0.39, 0.29) is 31.1 Å². The van der Waals surface area contributed by atoms with Crippen molar-refractivity contribution in [2.75, 3.05) is 13.2 Å². The van der Waals surface area contributed by atoms with E-state index >= 15 is 0 Å². The monoisotopic (exact) mass is 589 g/mol. The van der Waals surface area contributed by atoms with E-state index < -0.39 is 5.79 Å². The van der Waals surface area contributed by atoms with E-state index in [1.807, 2.05) is 19.1 Å². The van der Waals surface area contributed by atoms with Crippen LogP contribution in [0.3, 0.4) is 0 Å². The number of hydrogen-bond donors (Lipinski definition) is 0. The summed E-state index contributed by atoms with van der Waals surface area (Å²) in [4.78, 5) is 12.3. The number of pyridine rings is 1. The number of nitrogens with zero attached hydrogens (tertiary/aromatic N) is 1. The number of benzene rings is 1. The maximum Gasteiger partial charge on any atom is 0.306 e. The van der Waals surface area contributed by atoms with Gasteiger partial charge in [-0.1, -0.05) is 109 Å². The topological polar surface area (TPSA) is 48.6 Å². The number of carbonyl (C=O) groups is 1. The summed E-state index contributed by atoms with van der Waals surface area (Å²) < 4.78 is 19.8. The molecule has 5 nitrogen and oxygen atoms in total. The van der Waals surface area contributed by atoms with E-state index in [9.17, 15) is 4.79 Å². The third-order valence-corrected chi connectivity index (χ3v) is 8.22. The molecule has 0 bridgehead atoms. The molecule has 2 atom stereocenters. The van der Waals surface area contributed by atoms with Gasteiger partial charge in [0.2, 0.25) is 5.52 Å². The van der Waals surface area contributed by atoms with Crippen molar-refractivity contribution in [3.8, 4) is 0 Å². The highest BCUT2D eigenvalue weighted by atomic mass is 35.5. The molecule has 0 amide bonds. The van der Waals surface area contributed by atoms with Crippen LogP contribution < -0.4 is 17.0 Å². The van der Waals surface area contributed by atoms with Gasteiger partial charge in [0, 0.05) is 30.4 Å². The Morgan fingerprint density at radius 1 is 0.854 bits per heavy atom. The number of fused-ring (bicyclic) bond motifs is 1. The van der Waals surface area contributed by atoms with Crippen LogP contribution in [0.15, 0.2) is 42.6 Å². The first-order valence-electron chi connectivity index (χ1n) is 16.4. The Morgan fingerprint density at radius 2 is 1.44 bits per heavy atom. The van der Waals surface area contributed by atoms with Gasteiger partial charge in [0.15, 0.2) is 12.0 Å². The summed E-state index contributed by atoms with van der Waals surface area (Å²) in [6, 6.07) is 12.5. The van der Waals surface area contributed by atoms with E-state index in [1.54, 1.807) is 0 Å². The molecule has 0 aliphatic carbocycles. The van der Waals surface area contributed by atoms with Gasteiger partial charge in [-0.25, -0.2) is 0 Å². The average molecular weight is 590 g/mol. The van der Waals surface area contributed by atoms with Crippen molar-refractivity contribution in [2.45, 2.75) is 148 Å². The molecule has 0 saturated carbocycles. The lowest BCUT2D eigenvalue weighted by molar-refractivity contribution is -0.671. The van der Waals surface area contributed by atoms with Gasteiger partial charge >= 0.3 is 5.97 Å². The Kier molecular flexibility index (Phi) is 18.2. The number of ether oxygens (including phenoxy) is 3. The van der Waals surface area contributed by atoms with Crippen LogP contribution in [0.5, 0.6) is 0 Å². The SMILES string of the molecule is CCCCCCCCCCCCCCCCCC1(C)OCC(COC(=O)CCC[n+]2cccc3ccccc32)O1.[Cl-]. The maximum absolute atomic E-state index is 12.3. The van der Waals surface area contributed by atoms with Gasteiger partial charge in [-0.3, -0.25) is 4.79 Å². The molecule has 232 valence electrons. The molecule has 1 aromatic carbocycles. The first-order chi connectivity index (χ1) is 19.6. The first-order valence-corrected chi connectivity index (χ1v) is 16.4. The fourth-order valence-corrected chi connectivity index (χ4v) is 5.79. The fraction of sp³-hybridized carbons (Fsp3) is 0.714. The van der Waals surface area contributed by atoms with Crippen molar-refractivity contribution in [3.05, 3.63) is 42.6 Å². The summed E-state index contributed by atoms with van der Waals surface area (Å²) in [5, 5.41) is 1.21. The average Bonchev–Trinajstić information content (AvgIpc) is 3.35. The van der Waals surface area contributed by atoms with Crippen molar-refractivity contribution < 1.29 is 36.0 Å². The molecule has 1 aliphatic heterocycles. The second-order valence-corrected chi connectivity index (χ2v) is 11.9. The lowest BCUT2D eigenvalue weighted by atomic mass is 10.0. The molecular weight excluding hydrogens is 534 g/mol. The van der Waals surface area contributed by atoms with Crippen LogP contribution in [-0.2, 0) is 25.5 Å². The zero-order chi connectivity index (χ0) is 28.3. The van der Waals surface area contributed by atoms with E-state index in [1.165, 1.54) is 101 Å². The predicted octanol–water partition coefficient (Wildman–Crippen LogP) is 5.85. The minimum Gasteiger partial charge on any atom is -1.00 e. The van der Waals surface area contributed by atoms with E-state index in [4.69, 9.17) is 14.2 Å². The Hall–Kier alpha value is -1.69. The van der Waals surface area contributed by atoms with Gasteiger partial charge in [0.1, 0.15) is 19.3 Å². The standard InChI is InChI=1S/C35H56NO4.ClH/c1-3-4-5-6-7-8-9-10-11-12-13-14-15-16-19-26-35(2)39-30-32(40-35)29-38-34(37)25-21-28-36-27-20-23-31-22-17-18-24-33(31)36;/h17-18,20,22-24,27,32H,3-16,19,21,25-26,28-30H2,1-2H3;1H/q+1;/p-1. The number of halogens is 1. The quantitative estimate of drug-likeness (QED) is 0.0982. The normalized spacial score (nSPS) is 18.4. The van der Waals surface area contributed by atoms with Crippen molar-refractivity contribution >= 4 is 16.9 Å². The van der Waals surface area contributed by atoms with Crippen LogP contribution in [0.4, 0.5) is 0 Å². The van der Waals surface area contributed by atoms with Crippen molar-refractivity contribution in [2.24, 2.45) is 0 Å². The molecule has 1 saturated heterocycles. The van der Waals surface area contributed by atoms with Crippen LogP contribution in [0.2, 0.25) is 0 Å². The van der Waals surface area contributed by atoms with E-state index in [2.05, 4.69) is 42.0 Å². The molecular formula is C35H56ClNO4. The minimum atomic E-state index is -0.543. The molecule has 41 heavy (non-hydrogen) atoms. The second-order valence-electron chi connectivity index (χ2n) is 11.9. The van der Waals surface area contributed by atoms with Crippen LogP contribution in [-0.4, -0.2) is 31.1 Å². The highest BCUT2D eigenvalue weighted by Gasteiger charge is 2.37. The molecule has 2 aromatic rings. The lowest BCUT2D eigenvalue weighted by Gasteiger charge is -2.23. The number of rotatable bonds is 22. The Morgan fingerprint density at radius 3 is 2.10 bits per heavy atom. The molecule has 0 spiro atoms. The van der Waals surface area contributed by atoms with Crippen LogP contribution in [0, 0.1) is 0 Å². The fourth-order valence-electron chi connectivity index (χ4n) is 5.79. The summed E-state index contributed by atoms with van der Waals surface area (Å²) in [7, 11) is 0. The molecule has 6 heteroatoms. The van der Waals surface area contributed by atoms with Crippen molar-refractivity contribution in [1.29, 1.82) is 0 Å². The maximum atomic E-state index is 12.3. The third-order valence-electron chi connectivity index (χ3n) is 8.22. The van der Waals surface area contributed by atoms with E-state index in [0.717, 1.165) is 25.8 Å². The van der Waals surface area contributed by atoms with Crippen molar-refractivity contribution in [3.63, 3.8) is 0 Å². The molecule has 1 aromatic heterocycles. The Balaban J connectivity index is 0.00000588. The highest BCUT2D eigenvalue weighted by molar-refractivity contribution is 5.75. The summed E-state index contributed by atoms with van der Waals surface area (Å²) >= 11 is 0. The zero-order valence-electron chi connectivity index (χ0n) is 25.9. The second kappa shape index (κ2) is 21.1. The largest absolute Gasteiger partial charge is 1.00 e. The summed E-state index contributed by atoms with van der Waals surface area (Å²) in [6.07, 6.45) is 24.4. The number of unbranched alkanes of at least 4 members (excludes halogenated alkanes) is 14. The highest BCUT2D eigenvalue weighted by Crippen LogP contribution is 2.29. The molecule has 1 aliphatic rings. The number of carbonyl (C=O) groups excluding carboxylic acids is 1. The molecule has 1 fully saturated rings. The van der Waals surface area contributed by atoms with E-state index in [0.29, 0.717) is 13.0 Å². The Labute approximate surface area is 256 Å². The smallest absolute Gasteiger partial charge is 0.306 e. The minimum absolute atomic E-state index is 0. The lowest BCUT2D eigenvalue weighted by Crippen LogP contribution is -3.00. The van der Waals surface area contributed by atoms with Crippen LogP contribution >= 0.6 is 0 Å². The van der Waals surface area contributed by atoms with Crippen LogP contribution in [0.25, 0.3) is 10.9 Å². The summed E-state index contributed by atoms with van der Waals surface area (Å²) in [5.74, 6) is -0.709. The van der Waals surface area contributed by atoms with Gasteiger partial charge in [0.25, 0.3) is 0 Å². The zero-order valence-corrected chi connectivity index (χ0v) is 26.7. The van der Waals surface area contributed by atoms with Crippen molar-refractivity contribution in [1.82, 2.24) is 0 Å². The molecule has 0 N–H and O–H groups in total. The molecule has 3 rings (SSSR count). The van der Waals surface area contributed by atoms with Gasteiger partial charge in [0.05, 0.1) is 13.0 Å². The molecule has 2 unspecified atom stereocenters. The summed E-state index contributed by atoms with van der Waals surface area (Å²) in [5.41, 5.74) is 1.18. The number of hydrogen-bond acceptors (Lipinski definition) is 4. The molecule has 2 heterocycles. The van der Waals surface area contributed by atoms with Gasteiger partial charge < -0.3 is 26.6 Å². The Bertz CT molecular complexity index is 965. The predicted molar refractivity (Wildman–Crippen MR) is 163 cm³/mol. The molecule has 0 radical (unpaired) electrons. The number of aromatic nitrogens is 1. The van der Waals surface area contributed by atoms with Gasteiger partial charge in [-0.15, -0.1) is 0 Å². The number of aryl methyl sites for hydroxylation is 1. The first kappa shape index (κ1) is 35.5. The van der Waals surface area contributed by atoms with Gasteiger partial charge in [-0.05, 0) is 25.5 Å².